The first-order valence-electron chi connectivity index (χ1n) is 5.19. The molecule has 14 heavy (non-hydrogen) atoms. The van der Waals surface area contributed by atoms with E-state index in [4.69, 9.17) is 5.73 Å². The Morgan fingerprint density at radius 1 is 1.43 bits per heavy atom. The molecule has 3 N–H and O–H groups in total. The summed E-state index contributed by atoms with van der Waals surface area (Å²) < 4.78 is 0. The van der Waals surface area contributed by atoms with Crippen LogP contribution in [0.5, 0.6) is 0 Å². The van der Waals surface area contributed by atoms with Crippen molar-refractivity contribution in [1.29, 1.82) is 0 Å². The Kier molecular flexibility index (Phi) is 7.42. The molecule has 1 amide bonds. The van der Waals surface area contributed by atoms with Gasteiger partial charge in [0.1, 0.15) is 0 Å². The highest BCUT2D eigenvalue weighted by molar-refractivity contribution is 5.76. The summed E-state index contributed by atoms with van der Waals surface area (Å²) in [7, 11) is 4.10. The second-order valence-electron chi connectivity index (χ2n) is 4.04. The highest BCUT2D eigenvalue weighted by atomic mass is 16.1. The standard InChI is InChI=1S/C10H23N3O/c1-9(11)8-10(14)12-6-4-5-7-13(2)3/h9H,4-8,11H2,1-3H3,(H,12,14). The number of amides is 1. The van der Waals surface area contributed by atoms with Crippen LogP contribution in [0.3, 0.4) is 0 Å². The first-order valence-corrected chi connectivity index (χ1v) is 5.19. The van der Waals surface area contributed by atoms with Gasteiger partial charge in [-0.05, 0) is 40.4 Å². The van der Waals surface area contributed by atoms with Gasteiger partial charge in [-0.15, -0.1) is 0 Å². The van der Waals surface area contributed by atoms with E-state index in [2.05, 4.69) is 24.3 Å². The maximum atomic E-state index is 11.1. The number of nitrogens with one attached hydrogen (secondary N) is 1. The maximum absolute atomic E-state index is 11.1. The molecule has 0 aromatic rings. The van der Waals surface area contributed by atoms with E-state index in [9.17, 15) is 4.79 Å². The van der Waals surface area contributed by atoms with Crippen molar-refractivity contribution in [3.8, 4) is 0 Å². The molecular weight excluding hydrogens is 178 g/mol. The lowest BCUT2D eigenvalue weighted by Gasteiger charge is -2.10. The van der Waals surface area contributed by atoms with Crippen LogP contribution in [0.4, 0.5) is 0 Å². The number of rotatable bonds is 7. The molecule has 0 saturated carbocycles. The zero-order chi connectivity index (χ0) is 11.0. The Balaban J connectivity index is 3.23. The van der Waals surface area contributed by atoms with Crippen molar-refractivity contribution < 1.29 is 4.79 Å². The summed E-state index contributed by atoms with van der Waals surface area (Å²) in [6.45, 7) is 3.67. The van der Waals surface area contributed by atoms with E-state index >= 15 is 0 Å². The third-order valence-electron chi connectivity index (χ3n) is 1.86. The topological polar surface area (TPSA) is 58.4 Å². The molecule has 4 nitrogen and oxygen atoms in total. The number of unbranched alkanes of at least 4 members (excludes halogenated alkanes) is 1. The molecule has 4 heteroatoms. The van der Waals surface area contributed by atoms with E-state index < -0.39 is 0 Å². The van der Waals surface area contributed by atoms with Crippen LogP contribution in [0.15, 0.2) is 0 Å². The first kappa shape index (κ1) is 13.4. The minimum atomic E-state index is -0.0447. The van der Waals surface area contributed by atoms with Crippen molar-refractivity contribution in [1.82, 2.24) is 10.2 Å². The van der Waals surface area contributed by atoms with Gasteiger partial charge in [0.25, 0.3) is 0 Å². The number of nitrogens with two attached hydrogens (primary N) is 1. The van der Waals surface area contributed by atoms with Crippen molar-refractivity contribution in [2.75, 3.05) is 27.2 Å². The summed E-state index contributed by atoms with van der Waals surface area (Å²) in [5, 5.41) is 2.85. The van der Waals surface area contributed by atoms with Gasteiger partial charge in [0.2, 0.25) is 5.91 Å². The van der Waals surface area contributed by atoms with Crippen LogP contribution in [0.2, 0.25) is 0 Å². The molecule has 0 saturated heterocycles. The molecule has 0 bridgehead atoms. The molecule has 0 radical (unpaired) electrons. The third kappa shape index (κ3) is 9.48. The van der Waals surface area contributed by atoms with E-state index in [0.717, 1.165) is 25.9 Å². The molecular formula is C10H23N3O. The van der Waals surface area contributed by atoms with Gasteiger partial charge in [-0.1, -0.05) is 0 Å². The molecule has 0 heterocycles. The minimum Gasteiger partial charge on any atom is -0.356 e. The van der Waals surface area contributed by atoms with Crippen LogP contribution in [-0.4, -0.2) is 44.0 Å². The second-order valence-corrected chi connectivity index (χ2v) is 4.04. The molecule has 84 valence electrons. The van der Waals surface area contributed by atoms with E-state index in [1.807, 2.05) is 6.92 Å². The predicted octanol–water partition coefficient (Wildman–Crippen LogP) is 0.182. The zero-order valence-electron chi connectivity index (χ0n) is 9.55. The van der Waals surface area contributed by atoms with Crippen molar-refractivity contribution in [3.05, 3.63) is 0 Å². The molecule has 0 fully saturated rings. The van der Waals surface area contributed by atoms with Gasteiger partial charge in [0.15, 0.2) is 0 Å². The Bertz CT molecular complexity index is 157. The van der Waals surface area contributed by atoms with Gasteiger partial charge in [-0.3, -0.25) is 4.79 Å². The quantitative estimate of drug-likeness (QED) is 0.578. The fraction of sp³-hybridized carbons (Fsp3) is 0.900. The average molecular weight is 201 g/mol. The first-order chi connectivity index (χ1) is 6.52. The van der Waals surface area contributed by atoms with Gasteiger partial charge >= 0.3 is 0 Å². The maximum Gasteiger partial charge on any atom is 0.221 e. The third-order valence-corrected chi connectivity index (χ3v) is 1.86. The van der Waals surface area contributed by atoms with Crippen molar-refractivity contribution in [2.45, 2.75) is 32.2 Å². The molecule has 0 aliphatic carbocycles. The molecule has 0 spiro atoms. The smallest absolute Gasteiger partial charge is 0.221 e. The zero-order valence-corrected chi connectivity index (χ0v) is 9.55. The summed E-state index contributed by atoms with van der Waals surface area (Å²) in [5.74, 6) is 0.0600. The monoisotopic (exact) mass is 201 g/mol. The summed E-state index contributed by atoms with van der Waals surface area (Å²) in [6, 6.07) is -0.0447. The van der Waals surface area contributed by atoms with Gasteiger partial charge in [-0.2, -0.15) is 0 Å². The highest BCUT2D eigenvalue weighted by Crippen LogP contribution is 1.90. The number of hydrogen-bond acceptors (Lipinski definition) is 3. The Morgan fingerprint density at radius 2 is 2.07 bits per heavy atom. The van der Waals surface area contributed by atoms with E-state index in [1.165, 1.54) is 0 Å². The van der Waals surface area contributed by atoms with Gasteiger partial charge in [0, 0.05) is 19.0 Å². The Morgan fingerprint density at radius 3 is 2.57 bits per heavy atom. The van der Waals surface area contributed by atoms with Gasteiger partial charge in [0.05, 0.1) is 0 Å². The van der Waals surface area contributed by atoms with Crippen LogP contribution in [-0.2, 0) is 4.79 Å². The number of carbonyl (C=O) groups is 1. The molecule has 0 aliphatic rings. The van der Waals surface area contributed by atoms with E-state index in [0.29, 0.717) is 6.42 Å². The number of carbonyl (C=O) groups excluding carboxylic acids is 1. The normalized spacial score (nSPS) is 12.9. The Hall–Kier alpha value is -0.610. The highest BCUT2D eigenvalue weighted by Gasteiger charge is 2.03. The van der Waals surface area contributed by atoms with Crippen LogP contribution < -0.4 is 11.1 Å². The molecule has 1 atom stereocenters. The molecule has 0 aliphatic heterocycles. The summed E-state index contributed by atoms with van der Waals surface area (Å²) >= 11 is 0. The second kappa shape index (κ2) is 7.76. The average Bonchev–Trinajstić information content (AvgIpc) is 2.01. The minimum absolute atomic E-state index is 0.0447. The Labute approximate surface area is 86.8 Å². The molecule has 0 aromatic heterocycles. The largest absolute Gasteiger partial charge is 0.356 e. The van der Waals surface area contributed by atoms with Gasteiger partial charge in [-0.25, -0.2) is 0 Å². The lowest BCUT2D eigenvalue weighted by atomic mass is 10.2. The van der Waals surface area contributed by atoms with Crippen LogP contribution >= 0.6 is 0 Å². The SMILES string of the molecule is CC(N)CC(=O)NCCCCN(C)C. The van der Waals surface area contributed by atoms with Crippen LogP contribution in [0.25, 0.3) is 0 Å². The van der Waals surface area contributed by atoms with Crippen molar-refractivity contribution >= 4 is 5.91 Å². The number of hydrogen-bond donors (Lipinski definition) is 2. The summed E-state index contributed by atoms with van der Waals surface area (Å²) in [4.78, 5) is 13.3. The fourth-order valence-corrected chi connectivity index (χ4v) is 1.15. The number of nitrogens with zero attached hydrogens (tertiary/aromatic N) is 1. The molecule has 1 unspecified atom stereocenters. The van der Waals surface area contributed by atoms with E-state index in [1.54, 1.807) is 0 Å². The lowest BCUT2D eigenvalue weighted by Crippen LogP contribution is -2.30. The van der Waals surface area contributed by atoms with Crippen molar-refractivity contribution in [3.63, 3.8) is 0 Å². The van der Waals surface area contributed by atoms with Crippen LogP contribution in [0.1, 0.15) is 26.2 Å². The van der Waals surface area contributed by atoms with E-state index in [-0.39, 0.29) is 11.9 Å². The lowest BCUT2D eigenvalue weighted by molar-refractivity contribution is -0.121. The molecule has 0 rings (SSSR count). The van der Waals surface area contributed by atoms with Gasteiger partial charge < -0.3 is 16.0 Å². The molecule has 0 aromatic carbocycles. The van der Waals surface area contributed by atoms with Crippen LogP contribution in [0, 0.1) is 0 Å². The summed E-state index contributed by atoms with van der Waals surface area (Å²) in [6.07, 6.45) is 2.57. The fourth-order valence-electron chi connectivity index (χ4n) is 1.15. The summed E-state index contributed by atoms with van der Waals surface area (Å²) in [5.41, 5.74) is 5.50. The van der Waals surface area contributed by atoms with Crippen molar-refractivity contribution in [2.24, 2.45) is 5.73 Å². The predicted molar refractivity (Wildman–Crippen MR) is 59.1 cm³/mol.